The van der Waals surface area contributed by atoms with Gasteiger partial charge in [-0.2, -0.15) is 0 Å². The molecule has 2 unspecified atom stereocenters. The van der Waals surface area contributed by atoms with E-state index in [0.29, 0.717) is 25.6 Å². The van der Waals surface area contributed by atoms with Crippen molar-refractivity contribution < 1.29 is 14.6 Å². The van der Waals surface area contributed by atoms with E-state index < -0.39 is 0 Å². The van der Waals surface area contributed by atoms with Crippen LogP contribution in [-0.2, 0) is 6.42 Å². The molecule has 0 bridgehead atoms. The zero-order chi connectivity index (χ0) is 14.1. The van der Waals surface area contributed by atoms with Crippen molar-refractivity contribution in [3.8, 4) is 5.75 Å². The molecule has 0 saturated carbocycles. The van der Waals surface area contributed by atoms with Gasteiger partial charge < -0.3 is 9.84 Å². The number of β-amino-alcohol motifs (C(OH)–C–C–N with tert-alkyl or cyclic N) is 1. The van der Waals surface area contributed by atoms with Gasteiger partial charge >= 0.3 is 0 Å². The molecule has 4 nitrogen and oxygen atoms in total. The fraction of sp³-hybridized carbons (Fsp3) is 0.562. The highest BCUT2D eigenvalue weighted by molar-refractivity contribution is 5.98. The van der Waals surface area contributed by atoms with E-state index in [1.54, 1.807) is 0 Å². The second-order valence-corrected chi connectivity index (χ2v) is 5.91. The molecule has 108 valence electrons. The molecule has 1 aromatic rings. The van der Waals surface area contributed by atoms with Crippen LogP contribution in [0.25, 0.3) is 0 Å². The molecule has 2 heterocycles. The molecular formula is C16H21NO3. The minimum atomic E-state index is -0.315. The summed E-state index contributed by atoms with van der Waals surface area (Å²) in [5.74, 6) is 1.36. The molecule has 0 aliphatic carbocycles. The Morgan fingerprint density at radius 3 is 3.15 bits per heavy atom. The van der Waals surface area contributed by atoms with Crippen molar-refractivity contribution in [3.05, 3.63) is 29.3 Å². The van der Waals surface area contributed by atoms with Gasteiger partial charge in [0.2, 0.25) is 0 Å². The van der Waals surface area contributed by atoms with Crippen LogP contribution in [0, 0.1) is 5.92 Å². The molecule has 4 heteroatoms. The zero-order valence-corrected chi connectivity index (χ0v) is 11.8. The number of ketones is 1. The van der Waals surface area contributed by atoms with Gasteiger partial charge in [0, 0.05) is 18.5 Å². The van der Waals surface area contributed by atoms with Crippen LogP contribution in [-0.4, -0.2) is 48.1 Å². The van der Waals surface area contributed by atoms with E-state index in [9.17, 15) is 9.90 Å². The normalized spacial score (nSPS) is 26.1. The average Bonchev–Trinajstić information content (AvgIpc) is 2.90. The number of likely N-dealkylation sites (tertiary alicyclic amines) is 1. The molecule has 20 heavy (non-hydrogen) atoms. The van der Waals surface area contributed by atoms with Crippen LogP contribution in [0.4, 0.5) is 0 Å². The quantitative estimate of drug-likeness (QED) is 0.850. The second kappa shape index (κ2) is 5.54. The molecular weight excluding hydrogens is 254 g/mol. The highest BCUT2D eigenvalue weighted by Gasteiger charge is 2.26. The molecule has 0 spiro atoms. The van der Waals surface area contributed by atoms with Crippen molar-refractivity contribution in [1.29, 1.82) is 0 Å². The molecule has 0 amide bonds. The van der Waals surface area contributed by atoms with Gasteiger partial charge in [0.25, 0.3) is 0 Å². The molecule has 2 atom stereocenters. The van der Waals surface area contributed by atoms with Crippen LogP contribution in [0.3, 0.4) is 0 Å². The van der Waals surface area contributed by atoms with E-state index in [1.807, 2.05) is 18.2 Å². The van der Waals surface area contributed by atoms with E-state index in [-0.39, 0.29) is 11.9 Å². The Kier molecular flexibility index (Phi) is 3.76. The van der Waals surface area contributed by atoms with Crippen LogP contribution in [0.1, 0.15) is 29.3 Å². The van der Waals surface area contributed by atoms with E-state index in [1.165, 1.54) is 0 Å². The van der Waals surface area contributed by atoms with Crippen LogP contribution in [0.5, 0.6) is 5.75 Å². The Hall–Kier alpha value is -1.39. The first-order valence-electron chi connectivity index (χ1n) is 7.33. The molecule has 1 saturated heterocycles. The van der Waals surface area contributed by atoms with Gasteiger partial charge in [-0.1, -0.05) is 6.92 Å². The van der Waals surface area contributed by atoms with E-state index in [2.05, 4.69) is 11.8 Å². The minimum Gasteiger partial charge on any atom is -0.493 e. The summed E-state index contributed by atoms with van der Waals surface area (Å²) in [6, 6.07) is 5.69. The molecule has 1 fully saturated rings. The third kappa shape index (κ3) is 2.72. The number of ether oxygens (including phenoxy) is 1. The Morgan fingerprint density at radius 1 is 1.50 bits per heavy atom. The summed E-state index contributed by atoms with van der Waals surface area (Å²) in [5.41, 5.74) is 1.88. The summed E-state index contributed by atoms with van der Waals surface area (Å²) in [6.07, 6.45) is 1.52. The smallest absolute Gasteiger partial charge is 0.176 e. The maximum atomic E-state index is 12.3. The van der Waals surface area contributed by atoms with Gasteiger partial charge in [-0.3, -0.25) is 9.69 Å². The lowest BCUT2D eigenvalue weighted by molar-refractivity contribution is 0.0295. The minimum absolute atomic E-state index is 0.126. The Labute approximate surface area is 119 Å². The largest absolute Gasteiger partial charge is 0.493 e. The summed E-state index contributed by atoms with van der Waals surface area (Å²) < 4.78 is 5.45. The van der Waals surface area contributed by atoms with E-state index in [4.69, 9.17) is 4.74 Å². The number of fused-ring (bicyclic) bond motifs is 1. The number of rotatable bonds is 3. The molecule has 2 aliphatic heterocycles. The van der Waals surface area contributed by atoms with Crippen LogP contribution >= 0.6 is 0 Å². The van der Waals surface area contributed by atoms with E-state index in [0.717, 1.165) is 36.3 Å². The fourth-order valence-electron chi connectivity index (χ4n) is 2.91. The number of hydrogen-bond donors (Lipinski definition) is 1. The zero-order valence-electron chi connectivity index (χ0n) is 11.8. The third-order valence-electron chi connectivity index (χ3n) is 4.38. The fourth-order valence-corrected chi connectivity index (χ4v) is 2.91. The highest BCUT2D eigenvalue weighted by atomic mass is 16.5. The Bertz CT molecular complexity index is 514. The summed E-state index contributed by atoms with van der Waals surface area (Å²) >= 11 is 0. The topological polar surface area (TPSA) is 49.8 Å². The van der Waals surface area contributed by atoms with Crippen LogP contribution in [0.2, 0.25) is 0 Å². The number of benzene rings is 1. The van der Waals surface area contributed by atoms with Crippen LogP contribution < -0.4 is 4.74 Å². The van der Waals surface area contributed by atoms with Gasteiger partial charge in [0.1, 0.15) is 5.75 Å². The van der Waals surface area contributed by atoms with Crippen molar-refractivity contribution >= 4 is 5.78 Å². The lowest BCUT2D eigenvalue weighted by Crippen LogP contribution is -2.44. The number of carbonyl (C=O) groups excluding carboxylic acids is 1. The Morgan fingerprint density at radius 2 is 2.35 bits per heavy atom. The first-order valence-corrected chi connectivity index (χ1v) is 7.33. The van der Waals surface area contributed by atoms with Gasteiger partial charge in [0.05, 0.1) is 19.3 Å². The third-order valence-corrected chi connectivity index (χ3v) is 4.38. The molecule has 0 radical (unpaired) electrons. The van der Waals surface area contributed by atoms with Gasteiger partial charge in [-0.15, -0.1) is 0 Å². The number of Topliss-reactive ketones (excluding diaryl/α,β-unsaturated/α-hetero) is 1. The van der Waals surface area contributed by atoms with Gasteiger partial charge in [-0.05, 0) is 42.6 Å². The van der Waals surface area contributed by atoms with Gasteiger partial charge in [0.15, 0.2) is 5.78 Å². The maximum Gasteiger partial charge on any atom is 0.176 e. The SMILES string of the molecule is CC1CCN(CC(=O)c2ccc3c(c2)CCO3)CC1O. The van der Waals surface area contributed by atoms with E-state index >= 15 is 0 Å². The summed E-state index contributed by atoms with van der Waals surface area (Å²) in [7, 11) is 0. The summed E-state index contributed by atoms with van der Waals surface area (Å²) in [5, 5.41) is 9.89. The second-order valence-electron chi connectivity index (χ2n) is 5.91. The number of carbonyl (C=O) groups is 1. The highest BCUT2D eigenvalue weighted by Crippen LogP contribution is 2.26. The lowest BCUT2D eigenvalue weighted by atomic mass is 9.95. The maximum absolute atomic E-state index is 12.3. The lowest BCUT2D eigenvalue weighted by Gasteiger charge is -2.33. The predicted octanol–water partition coefficient (Wildman–Crippen LogP) is 1.51. The predicted molar refractivity (Wildman–Crippen MR) is 76.2 cm³/mol. The first-order chi connectivity index (χ1) is 9.63. The van der Waals surface area contributed by atoms with Crippen molar-refractivity contribution in [2.24, 2.45) is 5.92 Å². The number of nitrogens with zero attached hydrogens (tertiary/aromatic N) is 1. The average molecular weight is 275 g/mol. The monoisotopic (exact) mass is 275 g/mol. The number of hydrogen-bond acceptors (Lipinski definition) is 4. The molecule has 2 aliphatic rings. The standard InChI is InChI=1S/C16H21NO3/c1-11-4-6-17(9-14(11)18)10-15(19)12-2-3-16-13(8-12)5-7-20-16/h2-3,8,11,14,18H,4-7,9-10H2,1H3. The molecule has 1 N–H and O–H groups in total. The first kappa shape index (κ1) is 13.6. The van der Waals surface area contributed by atoms with Crippen molar-refractivity contribution in [2.75, 3.05) is 26.2 Å². The molecule has 0 aromatic heterocycles. The van der Waals surface area contributed by atoms with Crippen molar-refractivity contribution in [1.82, 2.24) is 4.90 Å². The van der Waals surface area contributed by atoms with Crippen molar-refractivity contribution in [3.63, 3.8) is 0 Å². The number of piperidine rings is 1. The number of aliphatic hydroxyl groups excluding tert-OH is 1. The molecule has 1 aromatic carbocycles. The number of aliphatic hydroxyl groups is 1. The Balaban J connectivity index is 1.65. The summed E-state index contributed by atoms with van der Waals surface area (Å²) in [4.78, 5) is 14.4. The molecule has 3 rings (SSSR count). The summed E-state index contributed by atoms with van der Waals surface area (Å²) in [6.45, 7) is 4.65. The van der Waals surface area contributed by atoms with Crippen molar-refractivity contribution in [2.45, 2.75) is 25.9 Å². The van der Waals surface area contributed by atoms with Gasteiger partial charge in [-0.25, -0.2) is 0 Å². The van der Waals surface area contributed by atoms with Crippen LogP contribution in [0.15, 0.2) is 18.2 Å².